The van der Waals surface area contributed by atoms with Gasteiger partial charge >= 0.3 is 0 Å². The minimum absolute atomic E-state index is 0.0178. The summed E-state index contributed by atoms with van der Waals surface area (Å²) in [6.45, 7) is 7.58. The second-order valence-electron chi connectivity index (χ2n) is 8.70. The molecule has 1 aliphatic carbocycles. The fourth-order valence-electron chi connectivity index (χ4n) is 3.44. The van der Waals surface area contributed by atoms with Gasteiger partial charge in [-0.1, -0.05) is 51.1 Å². The Hall–Kier alpha value is -2.27. The molecule has 27 heavy (non-hydrogen) atoms. The Bertz CT molecular complexity index is 795. The topological polar surface area (TPSA) is 55.3 Å². The zero-order valence-corrected chi connectivity index (χ0v) is 16.3. The number of benzene rings is 1. The van der Waals surface area contributed by atoms with E-state index in [1.807, 2.05) is 23.1 Å². The average Bonchev–Trinajstić information content (AvgIpc) is 3.52. The highest BCUT2D eigenvalue weighted by atomic mass is 16.5. The third kappa shape index (κ3) is 4.03. The van der Waals surface area contributed by atoms with Crippen molar-refractivity contribution in [3.63, 3.8) is 0 Å². The first-order chi connectivity index (χ1) is 12.9. The van der Waals surface area contributed by atoms with E-state index in [9.17, 15) is 4.79 Å². The lowest BCUT2D eigenvalue weighted by atomic mass is 9.87. The summed E-state index contributed by atoms with van der Waals surface area (Å²) in [4.78, 5) is 23.9. The second-order valence-corrected chi connectivity index (χ2v) is 8.70. The number of aromatic nitrogens is 2. The van der Waals surface area contributed by atoms with Crippen molar-refractivity contribution in [3.8, 4) is 0 Å². The maximum absolute atomic E-state index is 13.1. The number of hydrogen-bond acceptors (Lipinski definition) is 4. The summed E-state index contributed by atoms with van der Waals surface area (Å²) in [6, 6.07) is 10.1. The van der Waals surface area contributed by atoms with Crippen molar-refractivity contribution in [2.45, 2.75) is 51.7 Å². The number of hydrogen-bond donors (Lipinski definition) is 0. The molecule has 2 aliphatic rings. The highest BCUT2D eigenvalue weighted by molar-refractivity contribution is 5.93. The van der Waals surface area contributed by atoms with Crippen LogP contribution in [0.2, 0.25) is 0 Å². The summed E-state index contributed by atoms with van der Waals surface area (Å²) in [5.74, 6) is 1.34. The minimum Gasteiger partial charge on any atom is -0.366 e. The van der Waals surface area contributed by atoms with Crippen molar-refractivity contribution in [3.05, 3.63) is 59.7 Å². The molecule has 5 heteroatoms. The quantitative estimate of drug-likeness (QED) is 0.825. The molecule has 0 unspecified atom stereocenters. The van der Waals surface area contributed by atoms with Crippen molar-refractivity contribution in [1.82, 2.24) is 14.9 Å². The third-order valence-corrected chi connectivity index (χ3v) is 5.39. The average molecular weight is 365 g/mol. The lowest BCUT2D eigenvalue weighted by Crippen LogP contribution is -2.51. The van der Waals surface area contributed by atoms with E-state index >= 15 is 0 Å². The van der Waals surface area contributed by atoms with Gasteiger partial charge in [0.1, 0.15) is 11.9 Å². The summed E-state index contributed by atoms with van der Waals surface area (Å²) in [6.07, 6.45) is 5.52. The molecular formula is C22H27N3O2. The minimum atomic E-state index is -0.125. The van der Waals surface area contributed by atoms with E-state index in [4.69, 9.17) is 4.74 Å². The highest BCUT2D eigenvalue weighted by Crippen LogP contribution is 2.38. The van der Waals surface area contributed by atoms with Gasteiger partial charge in [0.25, 0.3) is 5.91 Å². The van der Waals surface area contributed by atoms with Crippen LogP contribution >= 0.6 is 0 Å². The Morgan fingerprint density at radius 1 is 1.07 bits per heavy atom. The lowest BCUT2D eigenvalue weighted by molar-refractivity contribution is -0.119. The van der Waals surface area contributed by atoms with Gasteiger partial charge in [0.05, 0.1) is 18.2 Å². The summed E-state index contributed by atoms with van der Waals surface area (Å²) in [5.41, 5.74) is 1.60. The van der Waals surface area contributed by atoms with E-state index in [2.05, 4.69) is 42.9 Å². The van der Waals surface area contributed by atoms with Crippen LogP contribution in [0.25, 0.3) is 0 Å². The molecule has 0 bridgehead atoms. The molecule has 1 aromatic carbocycles. The van der Waals surface area contributed by atoms with E-state index in [-0.39, 0.29) is 23.5 Å². The predicted molar refractivity (Wildman–Crippen MR) is 103 cm³/mol. The van der Waals surface area contributed by atoms with Gasteiger partial charge in [-0.25, -0.2) is 9.97 Å². The summed E-state index contributed by atoms with van der Waals surface area (Å²) < 4.78 is 6.39. The highest BCUT2D eigenvalue weighted by Gasteiger charge is 2.38. The largest absolute Gasteiger partial charge is 0.366 e. The van der Waals surface area contributed by atoms with Crippen molar-refractivity contribution in [2.75, 3.05) is 13.1 Å². The first-order valence-electron chi connectivity index (χ1n) is 9.73. The number of ether oxygens (including phenoxy) is 1. The van der Waals surface area contributed by atoms with E-state index in [1.54, 1.807) is 12.4 Å². The molecule has 1 saturated carbocycles. The summed E-state index contributed by atoms with van der Waals surface area (Å²) in [5, 5.41) is 0. The van der Waals surface area contributed by atoms with Crippen LogP contribution in [0.4, 0.5) is 0 Å². The molecule has 0 N–H and O–H groups in total. The Kier molecular flexibility index (Phi) is 4.72. The predicted octanol–water partition coefficient (Wildman–Crippen LogP) is 3.98. The van der Waals surface area contributed by atoms with Gasteiger partial charge in [0, 0.05) is 24.9 Å². The molecule has 2 heterocycles. The number of rotatable bonds is 3. The van der Waals surface area contributed by atoms with Crippen LogP contribution in [0.1, 0.15) is 67.4 Å². The van der Waals surface area contributed by atoms with Gasteiger partial charge in [0.2, 0.25) is 0 Å². The SMILES string of the molecule is CC(C)(C)[C@H]1CN(C(=O)c2cnc(C3CC3)nc2)C[C@@H](c2ccccc2)O1. The monoisotopic (exact) mass is 365 g/mol. The van der Waals surface area contributed by atoms with Gasteiger partial charge in [0.15, 0.2) is 0 Å². The molecule has 1 aromatic heterocycles. The smallest absolute Gasteiger partial charge is 0.257 e. The van der Waals surface area contributed by atoms with Gasteiger partial charge in [-0.3, -0.25) is 4.79 Å². The molecule has 1 aliphatic heterocycles. The Morgan fingerprint density at radius 2 is 1.74 bits per heavy atom. The van der Waals surface area contributed by atoms with E-state index in [1.165, 1.54) is 0 Å². The van der Waals surface area contributed by atoms with Gasteiger partial charge in [-0.05, 0) is 23.8 Å². The zero-order valence-electron chi connectivity index (χ0n) is 16.3. The number of carbonyl (C=O) groups is 1. The Morgan fingerprint density at radius 3 is 2.33 bits per heavy atom. The number of morpholine rings is 1. The van der Waals surface area contributed by atoms with Crippen LogP contribution in [0.3, 0.4) is 0 Å². The Labute approximate surface area is 160 Å². The first-order valence-corrected chi connectivity index (χ1v) is 9.73. The third-order valence-electron chi connectivity index (χ3n) is 5.39. The number of nitrogens with zero attached hydrogens (tertiary/aromatic N) is 3. The molecule has 0 spiro atoms. The summed E-state index contributed by atoms with van der Waals surface area (Å²) >= 11 is 0. The zero-order chi connectivity index (χ0) is 19.0. The number of amides is 1. The van der Waals surface area contributed by atoms with Crippen molar-refractivity contribution in [1.29, 1.82) is 0 Å². The van der Waals surface area contributed by atoms with E-state index in [0.29, 0.717) is 24.6 Å². The molecule has 1 amide bonds. The molecule has 2 aromatic rings. The maximum atomic E-state index is 13.1. The standard InChI is InChI=1S/C22H27N3O2/c1-22(2,3)19-14-25(13-18(27-19)15-7-5-4-6-8-15)21(26)17-11-23-20(24-12-17)16-9-10-16/h4-8,11-12,16,18-19H,9-10,13-14H2,1-3H3/t18-,19+/m0/s1. The Balaban J connectivity index is 1.56. The maximum Gasteiger partial charge on any atom is 0.257 e. The van der Waals surface area contributed by atoms with Crippen LogP contribution in [0.5, 0.6) is 0 Å². The van der Waals surface area contributed by atoms with Crippen molar-refractivity contribution < 1.29 is 9.53 Å². The van der Waals surface area contributed by atoms with Crippen LogP contribution in [-0.2, 0) is 4.74 Å². The van der Waals surface area contributed by atoms with E-state index in [0.717, 1.165) is 24.2 Å². The second kappa shape index (κ2) is 7.04. The molecule has 0 radical (unpaired) electrons. The van der Waals surface area contributed by atoms with Crippen LogP contribution in [-0.4, -0.2) is 40.0 Å². The molecule has 2 atom stereocenters. The fraction of sp³-hybridized carbons (Fsp3) is 0.500. The molecule has 142 valence electrons. The molecule has 5 nitrogen and oxygen atoms in total. The fourth-order valence-corrected chi connectivity index (χ4v) is 3.44. The van der Waals surface area contributed by atoms with Gasteiger partial charge in [-0.15, -0.1) is 0 Å². The number of carbonyl (C=O) groups excluding carboxylic acids is 1. The first kappa shape index (κ1) is 18.1. The van der Waals surface area contributed by atoms with Crippen molar-refractivity contribution >= 4 is 5.91 Å². The van der Waals surface area contributed by atoms with E-state index < -0.39 is 0 Å². The molecule has 1 saturated heterocycles. The molecule has 2 fully saturated rings. The van der Waals surface area contributed by atoms with Gasteiger partial charge in [-0.2, -0.15) is 0 Å². The molecular weight excluding hydrogens is 338 g/mol. The van der Waals surface area contributed by atoms with Crippen molar-refractivity contribution in [2.24, 2.45) is 5.41 Å². The molecule has 4 rings (SSSR count). The summed E-state index contributed by atoms with van der Waals surface area (Å²) in [7, 11) is 0. The van der Waals surface area contributed by atoms with Crippen LogP contribution < -0.4 is 0 Å². The lowest BCUT2D eigenvalue weighted by Gasteiger charge is -2.43. The van der Waals surface area contributed by atoms with Gasteiger partial charge < -0.3 is 9.64 Å². The van der Waals surface area contributed by atoms with Crippen LogP contribution in [0, 0.1) is 5.41 Å². The normalized spacial score (nSPS) is 23.3. The van der Waals surface area contributed by atoms with Crippen LogP contribution in [0.15, 0.2) is 42.7 Å².